The van der Waals surface area contributed by atoms with Gasteiger partial charge in [0.2, 0.25) is 0 Å². The second-order valence-corrected chi connectivity index (χ2v) is 6.10. The maximum absolute atomic E-state index is 13.1. The van der Waals surface area contributed by atoms with Gasteiger partial charge in [-0.15, -0.1) is 0 Å². The Kier molecular flexibility index (Phi) is 3.63. The highest BCUT2D eigenvalue weighted by molar-refractivity contribution is 7.92. The topological polar surface area (TPSA) is 63.4 Å². The molecule has 0 amide bonds. The summed E-state index contributed by atoms with van der Waals surface area (Å²) in [6, 6.07) is 8.03. The first-order valence-corrected chi connectivity index (χ1v) is 7.06. The van der Waals surface area contributed by atoms with E-state index in [-0.39, 0.29) is 16.3 Å². The molecule has 0 fully saturated rings. The van der Waals surface area contributed by atoms with E-state index in [0.29, 0.717) is 0 Å². The van der Waals surface area contributed by atoms with Gasteiger partial charge >= 0.3 is 0 Å². The van der Waals surface area contributed by atoms with Crippen molar-refractivity contribution in [2.24, 2.45) is 0 Å². The van der Waals surface area contributed by atoms with Crippen molar-refractivity contribution in [3.05, 3.63) is 54.1 Å². The Labute approximate surface area is 115 Å². The molecule has 0 unspecified atom stereocenters. The number of nitrogens with zero attached hydrogens (tertiary/aromatic N) is 1. The Hall–Kier alpha value is -2.15. The minimum Gasteiger partial charge on any atom is -0.396 e. The maximum atomic E-state index is 13.1. The second kappa shape index (κ2) is 5.09. The molecule has 106 valence electrons. The van der Waals surface area contributed by atoms with Gasteiger partial charge in [-0.05, 0) is 42.5 Å². The van der Waals surface area contributed by atoms with E-state index >= 15 is 0 Å². The van der Waals surface area contributed by atoms with Crippen molar-refractivity contribution in [2.75, 3.05) is 17.1 Å². The van der Waals surface area contributed by atoms with Gasteiger partial charge in [0.05, 0.1) is 16.3 Å². The SMILES string of the molecule is CN(c1ccc(F)c(N)c1)S(=O)(=O)c1ccc(F)cc1. The highest BCUT2D eigenvalue weighted by atomic mass is 32.2. The molecule has 0 aliphatic carbocycles. The lowest BCUT2D eigenvalue weighted by molar-refractivity contribution is 0.593. The van der Waals surface area contributed by atoms with E-state index < -0.39 is 21.7 Å². The summed E-state index contributed by atoms with van der Waals surface area (Å²) in [5, 5.41) is 0. The van der Waals surface area contributed by atoms with Crippen LogP contribution in [0.3, 0.4) is 0 Å². The van der Waals surface area contributed by atoms with Crippen molar-refractivity contribution in [3.8, 4) is 0 Å². The van der Waals surface area contributed by atoms with Crippen LogP contribution in [-0.2, 0) is 10.0 Å². The van der Waals surface area contributed by atoms with Crippen LogP contribution < -0.4 is 10.0 Å². The molecule has 0 atom stereocenters. The summed E-state index contributed by atoms with van der Waals surface area (Å²) in [5.74, 6) is -1.15. The molecule has 20 heavy (non-hydrogen) atoms. The van der Waals surface area contributed by atoms with Crippen molar-refractivity contribution in [1.29, 1.82) is 0 Å². The molecule has 2 N–H and O–H groups in total. The van der Waals surface area contributed by atoms with E-state index in [1.165, 1.54) is 19.2 Å². The van der Waals surface area contributed by atoms with Crippen LogP contribution in [0.15, 0.2) is 47.4 Å². The Morgan fingerprint density at radius 1 is 1.05 bits per heavy atom. The fourth-order valence-corrected chi connectivity index (χ4v) is 2.82. The zero-order valence-electron chi connectivity index (χ0n) is 10.5. The third-order valence-electron chi connectivity index (χ3n) is 2.82. The minimum absolute atomic E-state index is 0.0655. The summed E-state index contributed by atoms with van der Waals surface area (Å²) < 4.78 is 51.5. The van der Waals surface area contributed by atoms with Crippen molar-refractivity contribution < 1.29 is 17.2 Å². The van der Waals surface area contributed by atoms with Gasteiger partial charge in [0.1, 0.15) is 11.6 Å². The number of hydrogen-bond donors (Lipinski definition) is 1. The van der Waals surface area contributed by atoms with Gasteiger partial charge in [-0.25, -0.2) is 17.2 Å². The Balaban J connectivity index is 2.42. The molecular weight excluding hydrogens is 286 g/mol. The lowest BCUT2D eigenvalue weighted by Crippen LogP contribution is -2.26. The van der Waals surface area contributed by atoms with E-state index in [1.807, 2.05) is 0 Å². The first-order chi connectivity index (χ1) is 9.32. The largest absolute Gasteiger partial charge is 0.396 e. The molecule has 7 heteroatoms. The summed E-state index contributed by atoms with van der Waals surface area (Å²) in [5.41, 5.74) is 5.48. The van der Waals surface area contributed by atoms with Crippen LogP contribution in [-0.4, -0.2) is 15.5 Å². The molecule has 0 heterocycles. The van der Waals surface area contributed by atoms with Crippen LogP contribution in [0.1, 0.15) is 0 Å². The summed E-state index contributed by atoms with van der Waals surface area (Å²) in [4.78, 5) is -0.0655. The summed E-state index contributed by atoms with van der Waals surface area (Å²) >= 11 is 0. The van der Waals surface area contributed by atoms with E-state index in [4.69, 9.17) is 5.73 Å². The van der Waals surface area contributed by atoms with Crippen LogP contribution >= 0.6 is 0 Å². The molecule has 0 aliphatic rings. The van der Waals surface area contributed by atoms with Gasteiger partial charge in [0.15, 0.2) is 0 Å². The first kappa shape index (κ1) is 14.3. The highest BCUT2D eigenvalue weighted by Gasteiger charge is 2.21. The third-order valence-corrected chi connectivity index (χ3v) is 4.62. The average molecular weight is 298 g/mol. The lowest BCUT2D eigenvalue weighted by Gasteiger charge is -2.20. The minimum atomic E-state index is -3.85. The molecular formula is C13H12F2N2O2S. The standard InChI is InChI=1S/C13H12F2N2O2S/c1-17(10-4-7-12(15)13(16)8-10)20(18,19)11-5-2-9(14)3-6-11/h2-8H,16H2,1H3. The van der Waals surface area contributed by atoms with Crippen molar-refractivity contribution in [1.82, 2.24) is 0 Å². The molecule has 0 aliphatic heterocycles. The predicted octanol–water partition coefficient (Wildman–Crippen LogP) is 2.37. The number of nitrogen functional groups attached to an aromatic ring is 1. The summed E-state index contributed by atoms with van der Waals surface area (Å²) in [7, 11) is -2.54. The van der Waals surface area contributed by atoms with E-state index in [0.717, 1.165) is 34.6 Å². The number of anilines is 2. The van der Waals surface area contributed by atoms with Gasteiger partial charge in [-0.2, -0.15) is 0 Å². The molecule has 0 saturated heterocycles. The number of rotatable bonds is 3. The van der Waals surface area contributed by atoms with Gasteiger partial charge < -0.3 is 5.73 Å². The lowest BCUT2D eigenvalue weighted by atomic mass is 10.3. The Bertz CT molecular complexity index is 731. The normalized spacial score (nSPS) is 11.3. The van der Waals surface area contributed by atoms with E-state index in [1.54, 1.807) is 0 Å². The number of sulfonamides is 1. The molecule has 4 nitrogen and oxygen atoms in total. The monoisotopic (exact) mass is 298 g/mol. The zero-order chi connectivity index (χ0) is 14.9. The average Bonchev–Trinajstić information content (AvgIpc) is 2.41. The molecule has 2 aromatic carbocycles. The van der Waals surface area contributed by atoms with Gasteiger partial charge in [-0.1, -0.05) is 0 Å². The fraction of sp³-hybridized carbons (Fsp3) is 0.0769. The molecule has 0 aromatic heterocycles. The van der Waals surface area contributed by atoms with Gasteiger partial charge in [0.25, 0.3) is 10.0 Å². The van der Waals surface area contributed by atoms with Gasteiger partial charge in [0, 0.05) is 7.05 Å². The molecule has 0 radical (unpaired) electrons. The second-order valence-electron chi connectivity index (χ2n) is 4.13. The van der Waals surface area contributed by atoms with Crippen LogP contribution in [0.25, 0.3) is 0 Å². The summed E-state index contributed by atoms with van der Waals surface area (Å²) in [6.07, 6.45) is 0. The quantitative estimate of drug-likeness (QED) is 0.885. The van der Waals surface area contributed by atoms with E-state index in [9.17, 15) is 17.2 Å². The van der Waals surface area contributed by atoms with Crippen LogP contribution in [0.5, 0.6) is 0 Å². The smallest absolute Gasteiger partial charge is 0.264 e. The highest BCUT2D eigenvalue weighted by Crippen LogP contribution is 2.25. The van der Waals surface area contributed by atoms with Crippen molar-refractivity contribution in [2.45, 2.75) is 4.90 Å². The Morgan fingerprint density at radius 3 is 2.20 bits per heavy atom. The molecule has 0 saturated carbocycles. The first-order valence-electron chi connectivity index (χ1n) is 5.62. The molecule has 2 rings (SSSR count). The number of nitrogens with two attached hydrogens (primary N) is 1. The van der Waals surface area contributed by atoms with Gasteiger partial charge in [-0.3, -0.25) is 4.31 Å². The molecule has 0 bridgehead atoms. The molecule has 2 aromatic rings. The third kappa shape index (κ3) is 2.57. The van der Waals surface area contributed by atoms with Crippen molar-refractivity contribution >= 4 is 21.4 Å². The number of benzene rings is 2. The number of halogens is 2. The maximum Gasteiger partial charge on any atom is 0.264 e. The zero-order valence-corrected chi connectivity index (χ0v) is 11.4. The summed E-state index contributed by atoms with van der Waals surface area (Å²) in [6.45, 7) is 0. The van der Waals surface area contributed by atoms with Crippen molar-refractivity contribution in [3.63, 3.8) is 0 Å². The fourth-order valence-electron chi connectivity index (χ4n) is 1.63. The predicted molar refractivity (Wildman–Crippen MR) is 72.8 cm³/mol. The Morgan fingerprint density at radius 2 is 1.65 bits per heavy atom. The molecule has 0 spiro atoms. The van der Waals surface area contributed by atoms with E-state index in [2.05, 4.69) is 0 Å². The van der Waals surface area contributed by atoms with Crippen LogP contribution in [0.2, 0.25) is 0 Å². The number of hydrogen-bond acceptors (Lipinski definition) is 3. The van der Waals surface area contributed by atoms with Crippen LogP contribution in [0.4, 0.5) is 20.2 Å². The van der Waals surface area contributed by atoms with Crippen LogP contribution in [0, 0.1) is 11.6 Å².